The van der Waals surface area contributed by atoms with Crippen LogP contribution in [0.15, 0.2) is 47.5 Å². The average molecular weight is 640 g/mol. The first-order valence-corrected chi connectivity index (χ1v) is 14.6. The Balaban J connectivity index is 2.02. The highest BCUT2D eigenvalue weighted by Gasteiger charge is 2.36. The summed E-state index contributed by atoms with van der Waals surface area (Å²) in [5.41, 5.74) is 1.19. The lowest BCUT2D eigenvalue weighted by Gasteiger charge is -2.29. The molecule has 2 N–H and O–H groups in total. The number of hydrogen-bond donors (Lipinski definition) is 1. The van der Waals surface area contributed by atoms with Gasteiger partial charge in [0.25, 0.3) is 0 Å². The highest BCUT2D eigenvalue weighted by atomic mass is 32.2. The number of rotatable bonds is 10. The Bertz CT molecular complexity index is 1420. The summed E-state index contributed by atoms with van der Waals surface area (Å²) in [6.45, 7) is 0.382. The number of ketones is 1. The molecule has 0 atom stereocenters. The lowest BCUT2D eigenvalue weighted by molar-refractivity contribution is -0.140. The number of Topliss-reactive ketones (excluding diaryl/α,β-unsaturated/α-hetero) is 1. The van der Waals surface area contributed by atoms with Crippen LogP contribution >= 0.6 is 0 Å². The van der Waals surface area contributed by atoms with Crippen LogP contribution < -0.4 is 5.73 Å². The van der Waals surface area contributed by atoms with Crippen LogP contribution in [0.25, 0.3) is 12.2 Å². The van der Waals surface area contributed by atoms with Crippen LogP contribution in [0, 0.1) is 11.6 Å². The van der Waals surface area contributed by atoms with E-state index in [1.54, 1.807) is 7.05 Å². The zero-order chi connectivity index (χ0) is 32.2. The summed E-state index contributed by atoms with van der Waals surface area (Å²) in [6.07, 6.45) is -7.28. The second kappa shape index (κ2) is 13.7. The molecule has 0 amide bonds. The summed E-state index contributed by atoms with van der Waals surface area (Å²) in [6, 6.07) is 3.94. The third-order valence-corrected chi connectivity index (χ3v) is 8.48. The van der Waals surface area contributed by atoms with Crippen molar-refractivity contribution in [2.75, 3.05) is 45.5 Å². The van der Waals surface area contributed by atoms with Gasteiger partial charge < -0.3 is 10.6 Å². The summed E-state index contributed by atoms with van der Waals surface area (Å²) in [5.74, 6) is -4.31. The van der Waals surface area contributed by atoms with E-state index < -0.39 is 64.0 Å². The number of sulfonamides is 1. The molecule has 15 heteroatoms. The van der Waals surface area contributed by atoms with Gasteiger partial charge >= 0.3 is 12.4 Å². The van der Waals surface area contributed by atoms with E-state index in [4.69, 9.17) is 5.73 Å². The van der Waals surface area contributed by atoms with Crippen molar-refractivity contribution in [3.05, 3.63) is 81.4 Å². The number of benzene rings is 2. The predicted molar refractivity (Wildman–Crippen MR) is 145 cm³/mol. The monoisotopic (exact) mass is 639 g/mol. The van der Waals surface area contributed by atoms with Gasteiger partial charge in [-0.25, -0.2) is 17.2 Å². The molecule has 1 aliphatic rings. The van der Waals surface area contributed by atoms with E-state index in [-0.39, 0.29) is 34.4 Å². The van der Waals surface area contributed by atoms with Crippen molar-refractivity contribution in [2.45, 2.75) is 25.2 Å². The molecule has 236 valence electrons. The van der Waals surface area contributed by atoms with Gasteiger partial charge in [-0.05, 0) is 87.1 Å². The molecule has 0 aliphatic carbocycles. The molecule has 1 fully saturated rings. The summed E-state index contributed by atoms with van der Waals surface area (Å²) in [4.78, 5) is 15.2. The fourth-order valence-corrected chi connectivity index (χ4v) is 5.85. The molecule has 1 heterocycles. The molecule has 2 aromatic rings. The van der Waals surface area contributed by atoms with Gasteiger partial charge in [0.1, 0.15) is 11.6 Å². The molecule has 0 spiro atoms. The number of alkyl halides is 6. The maximum atomic E-state index is 13.8. The first kappa shape index (κ1) is 34.4. The van der Waals surface area contributed by atoms with E-state index in [1.807, 2.05) is 4.90 Å². The highest BCUT2D eigenvalue weighted by molar-refractivity contribution is 7.89. The number of halogens is 8. The molecule has 0 unspecified atom stereocenters. The zero-order valence-electron chi connectivity index (χ0n) is 22.9. The molecule has 3 rings (SSSR count). The van der Waals surface area contributed by atoms with Crippen LogP contribution in [0.2, 0.25) is 0 Å². The van der Waals surface area contributed by atoms with Crippen LogP contribution in [0.3, 0.4) is 0 Å². The Morgan fingerprint density at radius 2 is 1.28 bits per heavy atom. The average Bonchev–Trinajstić information content (AvgIpc) is 2.90. The maximum absolute atomic E-state index is 13.8. The lowest BCUT2D eigenvalue weighted by Crippen LogP contribution is -2.43. The van der Waals surface area contributed by atoms with Gasteiger partial charge in [0, 0.05) is 24.2 Å². The SMILES string of the molecule is CN(CCCN)CCCS(=O)(=O)N1C/C(=C\c2ccc(F)c(C(F)(F)F)c2)C(=O)/C(=C/c2ccc(F)c(C(F)(F)F)c2)C1. The van der Waals surface area contributed by atoms with Crippen LogP contribution in [0.1, 0.15) is 35.1 Å². The van der Waals surface area contributed by atoms with E-state index in [1.165, 1.54) is 0 Å². The molecule has 0 aromatic heterocycles. The van der Waals surface area contributed by atoms with Gasteiger partial charge in [-0.2, -0.15) is 30.6 Å². The number of carbonyl (C=O) groups is 1. The first-order chi connectivity index (χ1) is 19.9. The van der Waals surface area contributed by atoms with Gasteiger partial charge in [-0.1, -0.05) is 12.1 Å². The van der Waals surface area contributed by atoms with Gasteiger partial charge in [-0.3, -0.25) is 4.79 Å². The van der Waals surface area contributed by atoms with Gasteiger partial charge in [0.2, 0.25) is 10.0 Å². The van der Waals surface area contributed by atoms with Crippen molar-refractivity contribution in [1.82, 2.24) is 9.21 Å². The molecule has 0 radical (unpaired) electrons. The van der Waals surface area contributed by atoms with Crippen LogP contribution in [-0.2, 0) is 27.2 Å². The standard InChI is InChI=1S/C28H29F8N3O3S/c1-38(9-2-8-37)10-3-11-43(41,42)39-16-20(12-18-4-6-24(29)22(14-18)27(31,32)33)26(40)21(17-39)13-19-5-7-25(30)23(15-19)28(34,35)36/h4-7,12-15H,2-3,8-11,16-17,37H2,1H3/b20-12+,21-13+. The molecule has 1 saturated heterocycles. The molecular formula is C28H29F8N3O3S. The van der Waals surface area contributed by atoms with E-state index in [2.05, 4.69) is 0 Å². The minimum Gasteiger partial charge on any atom is -0.330 e. The molecular weight excluding hydrogens is 610 g/mol. The minimum atomic E-state index is -5.05. The zero-order valence-corrected chi connectivity index (χ0v) is 23.7. The minimum absolute atomic E-state index is 0.186. The van der Waals surface area contributed by atoms with Crippen LogP contribution in [0.5, 0.6) is 0 Å². The van der Waals surface area contributed by atoms with E-state index in [0.717, 1.165) is 28.6 Å². The molecule has 2 aromatic carbocycles. The summed E-state index contributed by atoms with van der Waals surface area (Å²) in [7, 11) is -2.30. The van der Waals surface area contributed by atoms with E-state index in [9.17, 15) is 48.3 Å². The van der Waals surface area contributed by atoms with E-state index >= 15 is 0 Å². The number of piperidine rings is 1. The molecule has 6 nitrogen and oxygen atoms in total. The topological polar surface area (TPSA) is 83.7 Å². The third kappa shape index (κ3) is 9.17. The number of hydrogen-bond acceptors (Lipinski definition) is 5. The van der Waals surface area contributed by atoms with Crippen molar-refractivity contribution in [1.29, 1.82) is 0 Å². The smallest absolute Gasteiger partial charge is 0.330 e. The van der Waals surface area contributed by atoms with Crippen LogP contribution in [0.4, 0.5) is 35.1 Å². The molecule has 43 heavy (non-hydrogen) atoms. The van der Waals surface area contributed by atoms with Crippen LogP contribution in [-0.4, -0.2) is 68.9 Å². The quantitative estimate of drug-likeness (QED) is 0.280. The Kier molecular flexibility index (Phi) is 10.9. The highest BCUT2D eigenvalue weighted by Crippen LogP contribution is 2.34. The number of carbonyl (C=O) groups excluding carboxylic acids is 1. The molecule has 1 aliphatic heterocycles. The van der Waals surface area contributed by atoms with Crippen molar-refractivity contribution < 1.29 is 48.3 Å². The summed E-state index contributed by atoms with van der Waals surface area (Å²) >= 11 is 0. The van der Waals surface area contributed by atoms with Gasteiger partial charge in [-0.15, -0.1) is 0 Å². The third-order valence-electron chi connectivity index (χ3n) is 6.63. The lowest BCUT2D eigenvalue weighted by atomic mass is 9.95. The van der Waals surface area contributed by atoms with Gasteiger partial charge in [0.15, 0.2) is 5.78 Å². The van der Waals surface area contributed by atoms with Crippen molar-refractivity contribution in [3.63, 3.8) is 0 Å². The largest absolute Gasteiger partial charge is 0.419 e. The fourth-order valence-electron chi connectivity index (χ4n) is 4.43. The first-order valence-electron chi connectivity index (χ1n) is 13.0. The van der Waals surface area contributed by atoms with Crippen molar-refractivity contribution >= 4 is 28.0 Å². The Morgan fingerprint density at radius 3 is 1.70 bits per heavy atom. The fraction of sp³-hybridized carbons (Fsp3) is 0.393. The Morgan fingerprint density at radius 1 is 0.837 bits per heavy atom. The second-order valence-electron chi connectivity index (χ2n) is 10.0. The molecule has 0 saturated carbocycles. The number of nitrogens with two attached hydrogens (primary N) is 1. The Labute approximate surface area is 243 Å². The predicted octanol–water partition coefficient (Wildman–Crippen LogP) is 5.35. The van der Waals surface area contributed by atoms with E-state index in [0.29, 0.717) is 50.3 Å². The van der Waals surface area contributed by atoms with Crippen molar-refractivity contribution in [3.8, 4) is 0 Å². The molecule has 0 bridgehead atoms. The maximum Gasteiger partial charge on any atom is 0.419 e. The summed E-state index contributed by atoms with van der Waals surface area (Å²) < 4.78 is 135. The second-order valence-corrected chi connectivity index (χ2v) is 12.1. The summed E-state index contributed by atoms with van der Waals surface area (Å²) in [5, 5.41) is 0. The normalized spacial score (nSPS) is 17.4. The Hall–Kier alpha value is -3.14. The van der Waals surface area contributed by atoms with Crippen molar-refractivity contribution in [2.24, 2.45) is 5.73 Å². The van der Waals surface area contributed by atoms with Gasteiger partial charge in [0.05, 0.1) is 16.9 Å². The number of nitrogens with zero attached hydrogens (tertiary/aromatic N) is 2.